The summed E-state index contributed by atoms with van der Waals surface area (Å²) in [5.74, 6) is 1.73. The highest BCUT2D eigenvalue weighted by atomic mass is 16.5. The molecule has 0 fully saturated rings. The van der Waals surface area contributed by atoms with Crippen molar-refractivity contribution in [1.82, 2.24) is 9.97 Å². The SMILES string of the molecule is CCCNc1cc(CCC)nc(C(CC)(CC)OC)n1. The predicted molar refractivity (Wildman–Crippen MR) is 84.1 cm³/mol. The van der Waals surface area contributed by atoms with Crippen molar-refractivity contribution in [1.29, 1.82) is 0 Å². The molecule has 1 heterocycles. The Morgan fingerprint density at radius 2 is 1.80 bits per heavy atom. The fourth-order valence-electron chi connectivity index (χ4n) is 2.38. The summed E-state index contributed by atoms with van der Waals surface area (Å²) in [6.45, 7) is 9.51. The van der Waals surface area contributed by atoms with Gasteiger partial charge in [-0.15, -0.1) is 0 Å². The summed E-state index contributed by atoms with van der Waals surface area (Å²) in [6.07, 6.45) is 4.90. The molecule has 1 N–H and O–H groups in total. The molecule has 0 bridgehead atoms. The Hall–Kier alpha value is -1.16. The van der Waals surface area contributed by atoms with Gasteiger partial charge in [-0.2, -0.15) is 0 Å². The number of anilines is 1. The zero-order chi connectivity index (χ0) is 15.0. The van der Waals surface area contributed by atoms with Gasteiger partial charge < -0.3 is 10.1 Å². The van der Waals surface area contributed by atoms with Gasteiger partial charge in [0.25, 0.3) is 0 Å². The molecule has 1 aromatic heterocycles. The van der Waals surface area contributed by atoms with E-state index in [1.165, 1.54) is 0 Å². The third-order valence-electron chi connectivity index (χ3n) is 3.78. The van der Waals surface area contributed by atoms with Crippen LogP contribution >= 0.6 is 0 Å². The second-order valence-corrected chi connectivity index (χ2v) is 5.15. The number of hydrogen-bond acceptors (Lipinski definition) is 4. The quantitative estimate of drug-likeness (QED) is 0.744. The van der Waals surface area contributed by atoms with Crippen molar-refractivity contribution in [2.24, 2.45) is 0 Å². The molecule has 1 rings (SSSR count). The van der Waals surface area contributed by atoms with Crippen molar-refractivity contribution >= 4 is 5.82 Å². The summed E-state index contributed by atoms with van der Waals surface area (Å²) >= 11 is 0. The molecule has 20 heavy (non-hydrogen) atoms. The van der Waals surface area contributed by atoms with Crippen molar-refractivity contribution in [3.8, 4) is 0 Å². The van der Waals surface area contributed by atoms with Gasteiger partial charge in [0.2, 0.25) is 0 Å². The van der Waals surface area contributed by atoms with E-state index in [1.54, 1.807) is 7.11 Å². The van der Waals surface area contributed by atoms with E-state index in [9.17, 15) is 0 Å². The minimum Gasteiger partial charge on any atom is -0.370 e. The van der Waals surface area contributed by atoms with Crippen molar-refractivity contribution in [2.45, 2.75) is 65.4 Å². The largest absolute Gasteiger partial charge is 0.370 e. The Morgan fingerprint density at radius 3 is 2.30 bits per heavy atom. The van der Waals surface area contributed by atoms with Crippen LogP contribution in [0.25, 0.3) is 0 Å². The number of aryl methyl sites for hydroxylation is 1. The van der Waals surface area contributed by atoms with Gasteiger partial charge in [0.1, 0.15) is 11.4 Å². The second kappa shape index (κ2) is 8.20. The first-order chi connectivity index (χ1) is 9.65. The van der Waals surface area contributed by atoms with Crippen molar-refractivity contribution < 1.29 is 4.74 Å². The first-order valence-electron chi connectivity index (χ1n) is 7.83. The van der Waals surface area contributed by atoms with Crippen LogP contribution in [0.15, 0.2) is 6.07 Å². The van der Waals surface area contributed by atoms with E-state index in [2.05, 4.69) is 39.1 Å². The van der Waals surface area contributed by atoms with Gasteiger partial charge in [0.05, 0.1) is 0 Å². The average Bonchev–Trinajstić information content (AvgIpc) is 2.48. The number of methoxy groups -OCH3 is 1. The zero-order valence-electron chi connectivity index (χ0n) is 13.6. The Balaban J connectivity index is 3.18. The molecule has 0 aliphatic carbocycles. The van der Waals surface area contributed by atoms with Gasteiger partial charge in [-0.25, -0.2) is 9.97 Å². The van der Waals surface area contributed by atoms with Gasteiger partial charge in [-0.1, -0.05) is 34.1 Å². The maximum absolute atomic E-state index is 5.76. The lowest BCUT2D eigenvalue weighted by Crippen LogP contribution is -2.30. The van der Waals surface area contributed by atoms with E-state index in [0.717, 1.165) is 56.0 Å². The van der Waals surface area contributed by atoms with Crippen LogP contribution in [-0.4, -0.2) is 23.6 Å². The van der Waals surface area contributed by atoms with E-state index in [4.69, 9.17) is 14.7 Å². The summed E-state index contributed by atoms with van der Waals surface area (Å²) in [5, 5.41) is 3.37. The van der Waals surface area contributed by atoms with Crippen LogP contribution in [0.4, 0.5) is 5.82 Å². The van der Waals surface area contributed by atoms with Crippen molar-refractivity contribution in [2.75, 3.05) is 19.0 Å². The summed E-state index contributed by atoms with van der Waals surface area (Å²) in [7, 11) is 1.75. The van der Waals surface area contributed by atoms with Gasteiger partial charge in [0, 0.05) is 25.4 Å². The molecule has 0 amide bonds. The molecule has 0 aliphatic rings. The molecule has 0 radical (unpaired) electrons. The first kappa shape index (κ1) is 16.9. The van der Waals surface area contributed by atoms with E-state index in [1.807, 2.05) is 0 Å². The molecule has 0 unspecified atom stereocenters. The Bertz CT molecular complexity index is 394. The summed E-state index contributed by atoms with van der Waals surface area (Å²) in [6, 6.07) is 2.06. The van der Waals surface area contributed by atoms with E-state index in [0.29, 0.717) is 0 Å². The average molecular weight is 279 g/mol. The molecular formula is C16H29N3O. The standard InChI is InChI=1S/C16H29N3O/c1-6-10-13-12-14(17-11-7-2)19-15(18-13)16(8-3,9-4)20-5/h12H,6-11H2,1-5H3,(H,17,18,19). The molecular weight excluding hydrogens is 250 g/mol. The molecule has 4 heteroatoms. The number of hydrogen-bond donors (Lipinski definition) is 1. The number of aromatic nitrogens is 2. The maximum atomic E-state index is 5.76. The second-order valence-electron chi connectivity index (χ2n) is 5.15. The summed E-state index contributed by atoms with van der Waals surface area (Å²) in [4.78, 5) is 9.43. The molecule has 114 valence electrons. The lowest BCUT2D eigenvalue weighted by Gasteiger charge is -2.29. The fourth-order valence-corrected chi connectivity index (χ4v) is 2.38. The third kappa shape index (κ3) is 3.92. The van der Waals surface area contributed by atoms with Crippen LogP contribution in [0.2, 0.25) is 0 Å². The van der Waals surface area contributed by atoms with E-state index in [-0.39, 0.29) is 5.60 Å². The number of rotatable bonds is 9. The Morgan fingerprint density at radius 1 is 1.10 bits per heavy atom. The first-order valence-corrected chi connectivity index (χ1v) is 7.83. The Labute approximate surface area is 123 Å². The Kier molecular flexibility index (Phi) is 6.93. The predicted octanol–water partition coefficient (Wildman–Crippen LogP) is 3.91. The van der Waals surface area contributed by atoms with Crippen LogP contribution in [0, 0.1) is 0 Å². The van der Waals surface area contributed by atoms with Gasteiger partial charge in [0.15, 0.2) is 5.82 Å². The van der Waals surface area contributed by atoms with Gasteiger partial charge in [-0.05, 0) is 25.7 Å². The molecule has 0 saturated heterocycles. The van der Waals surface area contributed by atoms with Crippen molar-refractivity contribution in [3.05, 3.63) is 17.6 Å². The summed E-state index contributed by atoms with van der Waals surface area (Å²) < 4.78 is 5.76. The van der Waals surface area contributed by atoms with E-state index >= 15 is 0 Å². The number of nitrogens with zero attached hydrogens (tertiary/aromatic N) is 2. The minimum atomic E-state index is -0.369. The highest BCUT2D eigenvalue weighted by Gasteiger charge is 2.32. The van der Waals surface area contributed by atoms with Gasteiger partial charge >= 0.3 is 0 Å². The summed E-state index contributed by atoms with van der Waals surface area (Å²) in [5.41, 5.74) is 0.728. The maximum Gasteiger partial charge on any atom is 0.162 e. The van der Waals surface area contributed by atoms with Gasteiger partial charge in [-0.3, -0.25) is 0 Å². The molecule has 0 saturated carbocycles. The number of nitrogens with one attached hydrogen (secondary N) is 1. The monoisotopic (exact) mass is 279 g/mol. The molecule has 0 aromatic carbocycles. The third-order valence-corrected chi connectivity index (χ3v) is 3.78. The van der Waals surface area contributed by atoms with Crippen LogP contribution in [0.3, 0.4) is 0 Å². The zero-order valence-corrected chi connectivity index (χ0v) is 13.6. The molecule has 1 aromatic rings. The van der Waals surface area contributed by atoms with Crippen LogP contribution in [0.1, 0.15) is 64.9 Å². The normalized spacial score (nSPS) is 11.7. The molecule has 4 nitrogen and oxygen atoms in total. The minimum absolute atomic E-state index is 0.369. The smallest absolute Gasteiger partial charge is 0.162 e. The lowest BCUT2D eigenvalue weighted by atomic mass is 9.95. The molecule has 0 spiro atoms. The fraction of sp³-hybridized carbons (Fsp3) is 0.750. The van der Waals surface area contributed by atoms with Crippen molar-refractivity contribution in [3.63, 3.8) is 0 Å². The number of ether oxygens (including phenoxy) is 1. The highest BCUT2D eigenvalue weighted by Crippen LogP contribution is 2.30. The van der Waals surface area contributed by atoms with E-state index < -0.39 is 0 Å². The lowest BCUT2D eigenvalue weighted by molar-refractivity contribution is -0.0292. The molecule has 0 aliphatic heterocycles. The van der Waals surface area contributed by atoms with Crippen LogP contribution in [0.5, 0.6) is 0 Å². The van der Waals surface area contributed by atoms with Crippen LogP contribution in [-0.2, 0) is 16.8 Å². The van der Waals surface area contributed by atoms with Crippen LogP contribution < -0.4 is 5.32 Å². The molecule has 0 atom stereocenters. The highest BCUT2D eigenvalue weighted by molar-refractivity contribution is 5.37. The topological polar surface area (TPSA) is 47.0 Å².